The second-order valence-corrected chi connectivity index (χ2v) is 4.11. The van der Waals surface area contributed by atoms with Crippen LogP contribution in [0, 0.1) is 0 Å². The number of rotatable bonds is 3. The van der Waals surface area contributed by atoms with Gasteiger partial charge in [-0.2, -0.15) is 0 Å². The third-order valence-electron chi connectivity index (χ3n) is 3.17. The summed E-state index contributed by atoms with van der Waals surface area (Å²) in [6, 6.07) is 0.407. The maximum atomic E-state index is 9.13. The summed E-state index contributed by atoms with van der Waals surface area (Å²) in [5.41, 5.74) is 0. The fourth-order valence-electron chi connectivity index (χ4n) is 2.39. The summed E-state index contributed by atoms with van der Waals surface area (Å²) in [4.78, 5) is 2.38. The first-order valence-electron chi connectivity index (χ1n) is 5.36. The summed E-state index contributed by atoms with van der Waals surface area (Å²) in [7, 11) is 0. The number of ether oxygens (including phenoxy) is 1. The van der Waals surface area contributed by atoms with Crippen LogP contribution < -0.4 is 0 Å². The van der Waals surface area contributed by atoms with E-state index in [0.717, 1.165) is 26.1 Å². The van der Waals surface area contributed by atoms with E-state index in [2.05, 4.69) is 4.90 Å². The third-order valence-corrected chi connectivity index (χ3v) is 3.17. The Bertz CT molecular complexity index is 157. The van der Waals surface area contributed by atoms with Crippen molar-refractivity contribution < 1.29 is 9.84 Å². The van der Waals surface area contributed by atoms with E-state index < -0.39 is 0 Å². The SMILES string of the molecule is OCC1CCCN1C[C@H]1CCCO1. The second-order valence-electron chi connectivity index (χ2n) is 4.11. The molecule has 0 aromatic carbocycles. The highest BCUT2D eigenvalue weighted by Crippen LogP contribution is 2.20. The van der Waals surface area contributed by atoms with E-state index in [1.807, 2.05) is 0 Å². The molecule has 0 aliphatic carbocycles. The minimum absolute atomic E-state index is 0.312. The number of aliphatic hydroxyl groups is 1. The summed E-state index contributed by atoms with van der Waals surface area (Å²) in [6.45, 7) is 3.42. The summed E-state index contributed by atoms with van der Waals surface area (Å²) < 4.78 is 5.58. The molecule has 1 N–H and O–H groups in total. The number of hydrogen-bond donors (Lipinski definition) is 1. The maximum absolute atomic E-state index is 9.13. The van der Waals surface area contributed by atoms with Crippen LogP contribution >= 0.6 is 0 Å². The molecule has 2 fully saturated rings. The van der Waals surface area contributed by atoms with E-state index in [0.29, 0.717) is 18.8 Å². The van der Waals surface area contributed by atoms with Crippen molar-refractivity contribution in [3.8, 4) is 0 Å². The van der Waals surface area contributed by atoms with Crippen molar-refractivity contribution in [1.29, 1.82) is 0 Å². The molecule has 76 valence electrons. The molecular weight excluding hydrogens is 166 g/mol. The van der Waals surface area contributed by atoms with E-state index in [-0.39, 0.29) is 0 Å². The van der Waals surface area contributed by atoms with Crippen molar-refractivity contribution >= 4 is 0 Å². The third kappa shape index (κ3) is 2.22. The van der Waals surface area contributed by atoms with Gasteiger partial charge >= 0.3 is 0 Å². The van der Waals surface area contributed by atoms with Gasteiger partial charge < -0.3 is 9.84 Å². The molecule has 0 aromatic heterocycles. The second kappa shape index (κ2) is 4.40. The van der Waals surface area contributed by atoms with Gasteiger partial charge in [-0.3, -0.25) is 4.90 Å². The van der Waals surface area contributed by atoms with Crippen molar-refractivity contribution in [1.82, 2.24) is 4.90 Å². The highest BCUT2D eigenvalue weighted by molar-refractivity contribution is 4.81. The lowest BCUT2D eigenvalue weighted by atomic mass is 10.2. The van der Waals surface area contributed by atoms with E-state index in [9.17, 15) is 0 Å². The Kier molecular flexibility index (Phi) is 3.19. The molecule has 0 amide bonds. The van der Waals surface area contributed by atoms with Crippen molar-refractivity contribution in [2.24, 2.45) is 0 Å². The van der Waals surface area contributed by atoms with Crippen LogP contribution in [-0.2, 0) is 4.74 Å². The van der Waals surface area contributed by atoms with Crippen LogP contribution in [0.1, 0.15) is 25.7 Å². The largest absolute Gasteiger partial charge is 0.395 e. The van der Waals surface area contributed by atoms with Crippen LogP contribution in [0.4, 0.5) is 0 Å². The highest BCUT2D eigenvalue weighted by Gasteiger charge is 2.27. The van der Waals surface area contributed by atoms with Gasteiger partial charge in [0.25, 0.3) is 0 Å². The fraction of sp³-hybridized carbons (Fsp3) is 1.00. The van der Waals surface area contributed by atoms with Crippen molar-refractivity contribution in [3.05, 3.63) is 0 Å². The quantitative estimate of drug-likeness (QED) is 0.699. The Morgan fingerprint density at radius 1 is 1.31 bits per heavy atom. The first-order valence-corrected chi connectivity index (χ1v) is 5.36. The Hall–Kier alpha value is -0.120. The smallest absolute Gasteiger partial charge is 0.0702 e. The molecule has 0 aromatic rings. The Labute approximate surface area is 79.7 Å². The van der Waals surface area contributed by atoms with Gasteiger partial charge in [0.05, 0.1) is 12.7 Å². The molecule has 13 heavy (non-hydrogen) atoms. The lowest BCUT2D eigenvalue weighted by Crippen LogP contribution is -2.37. The highest BCUT2D eigenvalue weighted by atomic mass is 16.5. The Balaban J connectivity index is 1.79. The van der Waals surface area contributed by atoms with E-state index in [1.54, 1.807) is 0 Å². The van der Waals surface area contributed by atoms with Gasteiger partial charge in [0.2, 0.25) is 0 Å². The molecule has 3 nitrogen and oxygen atoms in total. The van der Waals surface area contributed by atoms with Crippen LogP contribution in [-0.4, -0.2) is 48.5 Å². The molecule has 3 heteroatoms. The average molecular weight is 185 g/mol. The first-order chi connectivity index (χ1) is 6.40. The fourth-order valence-corrected chi connectivity index (χ4v) is 2.39. The number of hydrogen-bond acceptors (Lipinski definition) is 3. The van der Waals surface area contributed by atoms with Gasteiger partial charge in [-0.25, -0.2) is 0 Å². The molecule has 2 saturated heterocycles. The minimum atomic E-state index is 0.312. The number of aliphatic hydroxyl groups excluding tert-OH is 1. The average Bonchev–Trinajstić information content (AvgIpc) is 2.76. The monoisotopic (exact) mass is 185 g/mol. The van der Waals surface area contributed by atoms with Crippen molar-refractivity contribution in [2.45, 2.75) is 37.8 Å². The van der Waals surface area contributed by atoms with Crippen LogP contribution in [0.25, 0.3) is 0 Å². The predicted molar refractivity (Wildman–Crippen MR) is 50.7 cm³/mol. The molecule has 0 spiro atoms. The van der Waals surface area contributed by atoms with Crippen LogP contribution in [0.5, 0.6) is 0 Å². The standard InChI is InChI=1S/C10H19NO2/c12-8-9-3-1-5-11(9)7-10-4-2-6-13-10/h9-10,12H,1-8H2/t9?,10-/m1/s1. The zero-order valence-corrected chi connectivity index (χ0v) is 8.11. The summed E-state index contributed by atoms with van der Waals surface area (Å²) in [6.07, 6.45) is 5.24. The van der Waals surface area contributed by atoms with Gasteiger partial charge in [0, 0.05) is 19.2 Å². The molecule has 2 heterocycles. The van der Waals surface area contributed by atoms with Crippen LogP contribution in [0.3, 0.4) is 0 Å². The normalized spacial score (nSPS) is 35.8. The Morgan fingerprint density at radius 2 is 2.23 bits per heavy atom. The van der Waals surface area contributed by atoms with Crippen molar-refractivity contribution in [2.75, 3.05) is 26.3 Å². The first kappa shape index (κ1) is 9.44. The van der Waals surface area contributed by atoms with Gasteiger partial charge in [0.1, 0.15) is 0 Å². The zero-order valence-electron chi connectivity index (χ0n) is 8.11. The molecule has 2 aliphatic rings. The molecule has 2 rings (SSSR count). The molecular formula is C10H19NO2. The topological polar surface area (TPSA) is 32.7 Å². The Morgan fingerprint density at radius 3 is 2.92 bits per heavy atom. The summed E-state index contributed by atoms with van der Waals surface area (Å²) in [5, 5.41) is 9.13. The van der Waals surface area contributed by atoms with E-state index in [4.69, 9.17) is 9.84 Å². The summed E-state index contributed by atoms with van der Waals surface area (Å²) >= 11 is 0. The number of nitrogens with zero attached hydrogens (tertiary/aromatic N) is 1. The van der Waals surface area contributed by atoms with E-state index in [1.165, 1.54) is 19.3 Å². The van der Waals surface area contributed by atoms with Gasteiger partial charge in [-0.05, 0) is 32.2 Å². The molecule has 0 saturated carbocycles. The van der Waals surface area contributed by atoms with E-state index >= 15 is 0 Å². The summed E-state index contributed by atoms with van der Waals surface area (Å²) in [5.74, 6) is 0. The number of likely N-dealkylation sites (tertiary alicyclic amines) is 1. The predicted octanol–water partition coefficient (Wildman–Crippen LogP) is 0.622. The minimum Gasteiger partial charge on any atom is -0.395 e. The maximum Gasteiger partial charge on any atom is 0.0702 e. The molecule has 2 aliphatic heterocycles. The van der Waals surface area contributed by atoms with Crippen LogP contribution in [0.2, 0.25) is 0 Å². The van der Waals surface area contributed by atoms with Crippen LogP contribution in [0.15, 0.2) is 0 Å². The molecule has 0 bridgehead atoms. The van der Waals surface area contributed by atoms with Gasteiger partial charge in [-0.1, -0.05) is 0 Å². The lowest BCUT2D eigenvalue weighted by molar-refractivity contribution is 0.0579. The molecule has 1 unspecified atom stereocenters. The zero-order chi connectivity index (χ0) is 9.10. The van der Waals surface area contributed by atoms with Gasteiger partial charge in [0.15, 0.2) is 0 Å². The molecule has 2 atom stereocenters. The van der Waals surface area contributed by atoms with Gasteiger partial charge in [-0.15, -0.1) is 0 Å². The molecule has 0 radical (unpaired) electrons. The van der Waals surface area contributed by atoms with Crippen molar-refractivity contribution in [3.63, 3.8) is 0 Å². The lowest BCUT2D eigenvalue weighted by Gasteiger charge is -2.25.